The Morgan fingerprint density at radius 1 is 1.04 bits per heavy atom. The van der Waals surface area contributed by atoms with E-state index in [1.165, 1.54) is 11.8 Å². The zero-order valence-electron chi connectivity index (χ0n) is 30.8. The lowest BCUT2D eigenvalue weighted by Crippen LogP contribution is -2.67. The number of carbonyl (C=O) groups is 4. The minimum Gasteiger partial charge on any atom is -0.449 e. The monoisotopic (exact) mass is 769 g/mol. The maximum Gasteiger partial charge on any atom is 0.407 e. The van der Waals surface area contributed by atoms with Crippen molar-refractivity contribution >= 4 is 43.9 Å². The Morgan fingerprint density at radius 3 is 2.21 bits per heavy atom. The molecule has 53 heavy (non-hydrogen) atoms. The highest BCUT2D eigenvalue weighted by Gasteiger charge is 2.51. The SMILES string of the molecule is CC(C)(C)[Si](C)(C)O[C@H]1[C@@H](O)[C@@H](CN=[N+]=[N-])O[C@H](SCCCC(N)=O)[C@@H]1NC(=O)[C@H](CCC(N)=O)NC(=O)OCC1c2ccccc2-c2ccccc21. The topological polar surface area (TPSA) is 241 Å². The molecule has 0 radical (unpaired) electrons. The van der Waals surface area contributed by atoms with Gasteiger partial charge in [-0.25, -0.2) is 4.79 Å². The summed E-state index contributed by atoms with van der Waals surface area (Å²) in [6.07, 6.45) is -3.97. The molecule has 7 N–H and O–H groups in total. The number of fused-ring (bicyclic) bond motifs is 3. The maximum atomic E-state index is 14.1. The molecule has 1 saturated heterocycles. The Kier molecular flexibility index (Phi) is 14.4. The number of thioether (sulfide) groups is 1. The largest absolute Gasteiger partial charge is 0.449 e. The van der Waals surface area contributed by atoms with E-state index in [0.29, 0.717) is 12.2 Å². The summed E-state index contributed by atoms with van der Waals surface area (Å²) in [7, 11) is -2.62. The van der Waals surface area contributed by atoms with E-state index < -0.39 is 68.0 Å². The standard InChI is InChI=1S/C36H51N7O8SSi/c1-36(2,3)53(4,5)51-32-30(34(52-18-10-15-28(37)44)50-27(31(32)46)19-40-43-39)42-33(47)26(16-17-29(38)45)41-35(48)49-20-25-23-13-8-6-11-21(23)22-12-7-9-14-24(22)25/h6-9,11-14,25-27,30-32,34,46H,10,15-20H2,1-5H3,(H2,37,44)(H2,38,45)(H,41,48)(H,42,47)/t26-,27+,30+,31-,32+,34+/m0/s1. The van der Waals surface area contributed by atoms with Crippen LogP contribution in [-0.4, -0.2) is 92.0 Å². The van der Waals surface area contributed by atoms with Gasteiger partial charge in [-0.1, -0.05) is 74.4 Å². The van der Waals surface area contributed by atoms with Gasteiger partial charge in [0.2, 0.25) is 17.7 Å². The second kappa shape index (κ2) is 18.3. The molecule has 17 heteroatoms. The second-order valence-electron chi connectivity index (χ2n) is 14.8. The molecule has 1 heterocycles. The highest BCUT2D eigenvalue weighted by Crippen LogP contribution is 2.45. The summed E-state index contributed by atoms with van der Waals surface area (Å²) in [4.78, 5) is 53.6. The fourth-order valence-corrected chi connectivity index (χ4v) is 8.70. The molecular weight excluding hydrogens is 719 g/mol. The number of nitrogens with one attached hydrogen (secondary N) is 2. The van der Waals surface area contributed by atoms with E-state index in [4.69, 9.17) is 30.9 Å². The van der Waals surface area contributed by atoms with Crippen LogP contribution < -0.4 is 22.1 Å². The number of azide groups is 1. The first-order valence-corrected chi connectivity index (χ1v) is 21.6. The molecule has 0 bridgehead atoms. The van der Waals surface area contributed by atoms with Gasteiger partial charge in [0.15, 0.2) is 8.32 Å². The number of alkyl carbamates (subject to hydrolysis) is 1. The molecule has 0 unspecified atom stereocenters. The molecule has 288 valence electrons. The molecule has 1 fully saturated rings. The van der Waals surface area contributed by atoms with Crippen LogP contribution in [0.25, 0.3) is 21.6 Å². The molecule has 4 amide bonds. The minimum atomic E-state index is -2.62. The molecule has 0 aromatic heterocycles. The van der Waals surface area contributed by atoms with Crippen LogP contribution in [0.5, 0.6) is 0 Å². The van der Waals surface area contributed by atoms with Crippen LogP contribution in [0.15, 0.2) is 53.6 Å². The van der Waals surface area contributed by atoms with Gasteiger partial charge in [-0.05, 0) is 64.5 Å². The highest BCUT2D eigenvalue weighted by molar-refractivity contribution is 7.99. The fraction of sp³-hybridized carbons (Fsp3) is 0.556. The van der Waals surface area contributed by atoms with Crippen LogP contribution in [0.4, 0.5) is 4.79 Å². The third kappa shape index (κ3) is 10.7. The van der Waals surface area contributed by atoms with Crippen LogP contribution in [0, 0.1) is 0 Å². The lowest BCUT2D eigenvalue weighted by molar-refractivity contribution is -0.157. The second-order valence-corrected chi connectivity index (χ2v) is 20.8. The van der Waals surface area contributed by atoms with Crippen molar-refractivity contribution in [3.8, 4) is 11.1 Å². The number of nitrogens with zero attached hydrogens (tertiary/aromatic N) is 3. The lowest BCUT2D eigenvalue weighted by atomic mass is 9.97. The van der Waals surface area contributed by atoms with E-state index >= 15 is 0 Å². The first kappa shape index (κ1) is 41.6. The molecule has 1 aliphatic carbocycles. The number of aliphatic hydroxyl groups excluding tert-OH is 1. The summed E-state index contributed by atoms with van der Waals surface area (Å²) < 4.78 is 18.7. The van der Waals surface area contributed by atoms with Crippen molar-refractivity contribution in [2.24, 2.45) is 16.6 Å². The predicted octanol–water partition coefficient (Wildman–Crippen LogP) is 4.43. The maximum absolute atomic E-state index is 14.1. The van der Waals surface area contributed by atoms with Crippen LogP contribution >= 0.6 is 11.8 Å². The van der Waals surface area contributed by atoms with E-state index in [0.717, 1.165) is 22.3 Å². The Morgan fingerprint density at radius 2 is 1.64 bits per heavy atom. The van der Waals surface area contributed by atoms with Crippen molar-refractivity contribution < 1.29 is 38.2 Å². The third-order valence-corrected chi connectivity index (χ3v) is 15.8. The van der Waals surface area contributed by atoms with E-state index in [-0.39, 0.29) is 43.4 Å². The van der Waals surface area contributed by atoms with Gasteiger partial charge in [-0.3, -0.25) is 14.4 Å². The molecule has 15 nitrogen and oxygen atoms in total. The molecular formula is C36H51N7O8SSi. The first-order valence-electron chi connectivity index (χ1n) is 17.7. The molecule has 0 saturated carbocycles. The first-order chi connectivity index (χ1) is 25.0. The number of nitrogens with two attached hydrogens (primary N) is 2. The van der Waals surface area contributed by atoms with Crippen molar-refractivity contribution in [1.82, 2.24) is 10.6 Å². The highest BCUT2D eigenvalue weighted by atomic mass is 32.2. The molecule has 2 aromatic carbocycles. The van der Waals surface area contributed by atoms with Crippen molar-refractivity contribution in [3.05, 3.63) is 70.1 Å². The summed E-state index contributed by atoms with van der Waals surface area (Å²) in [6.45, 7) is 9.91. The van der Waals surface area contributed by atoms with E-state index in [1.807, 2.05) is 82.4 Å². The number of hydrogen-bond donors (Lipinski definition) is 5. The quantitative estimate of drug-likeness (QED) is 0.0502. The van der Waals surface area contributed by atoms with Crippen LogP contribution in [0.3, 0.4) is 0 Å². The number of rotatable bonds is 17. The number of carbonyl (C=O) groups excluding carboxylic acids is 4. The Hall–Kier alpha value is -4.12. The number of amides is 4. The summed E-state index contributed by atoms with van der Waals surface area (Å²) in [5.41, 5.74) is 23.1. The normalized spacial score (nSPS) is 21.7. The van der Waals surface area contributed by atoms with Gasteiger partial charge < -0.3 is 41.1 Å². The van der Waals surface area contributed by atoms with Crippen molar-refractivity contribution in [3.63, 3.8) is 0 Å². The van der Waals surface area contributed by atoms with Gasteiger partial charge in [-0.15, -0.1) is 11.8 Å². The van der Waals surface area contributed by atoms with E-state index in [9.17, 15) is 24.3 Å². The summed E-state index contributed by atoms with van der Waals surface area (Å²) in [6, 6.07) is 13.6. The Bertz CT molecular complexity index is 1640. The van der Waals surface area contributed by atoms with Gasteiger partial charge >= 0.3 is 6.09 Å². The molecule has 4 rings (SSSR count). The smallest absolute Gasteiger partial charge is 0.407 e. The minimum absolute atomic E-state index is 0.00564. The number of hydrogen-bond acceptors (Lipinski definition) is 10. The van der Waals surface area contributed by atoms with Gasteiger partial charge in [0, 0.05) is 23.7 Å². The summed E-state index contributed by atoms with van der Waals surface area (Å²) >= 11 is 1.28. The van der Waals surface area contributed by atoms with Gasteiger partial charge in [0.05, 0.1) is 24.8 Å². The third-order valence-electron chi connectivity index (χ3n) is 10.0. The number of ether oxygens (including phenoxy) is 2. The lowest BCUT2D eigenvalue weighted by Gasteiger charge is -2.49. The van der Waals surface area contributed by atoms with Crippen molar-refractivity contribution in [1.29, 1.82) is 0 Å². The predicted molar refractivity (Wildman–Crippen MR) is 204 cm³/mol. The number of benzene rings is 2. The molecule has 1 aliphatic heterocycles. The zero-order valence-corrected chi connectivity index (χ0v) is 32.6. The fourth-order valence-electron chi connectivity index (χ4n) is 6.19. The van der Waals surface area contributed by atoms with Gasteiger partial charge in [0.25, 0.3) is 0 Å². The van der Waals surface area contributed by atoms with Gasteiger partial charge in [0.1, 0.15) is 24.2 Å². The molecule has 2 aliphatic rings. The van der Waals surface area contributed by atoms with E-state index in [1.54, 1.807) is 0 Å². The average molecular weight is 770 g/mol. The average Bonchev–Trinajstić information content (AvgIpc) is 3.42. The summed E-state index contributed by atoms with van der Waals surface area (Å²) in [5, 5.41) is 20.5. The summed E-state index contributed by atoms with van der Waals surface area (Å²) in [5.74, 6) is -1.63. The van der Waals surface area contributed by atoms with Gasteiger partial charge in [-0.2, -0.15) is 0 Å². The Balaban J connectivity index is 1.58. The molecule has 0 spiro atoms. The number of primary amides is 2. The van der Waals surface area contributed by atoms with E-state index in [2.05, 4.69) is 20.7 Å². The Labute approximate surface area is 315 Å². The van der Waals surface area contributed by atoms with Crippen LogP contribution in [-0.2, 0) is 28.3 Å². The zero-order chi connectivity index (χ0) is 38.9. The van der Waals surface area contributed by atoms with Crippen molar-refractivity contribution in [2.45, 2.75) is 106 Å². The molecule has 2 aromatic rings. The van der Waals surface area contributed by atoms with Crippen molar-refractivity contribution in [2.75, 3.05) is 18.9 Å². The van der Waals surface area contributed by atoms with Crippen LogP contribution in [0.2, 0.25) is 18.1 Å². The number of aliphatic hydroxyl groups is 1. The molecule has 6 atom stereocenters. The van der Waals surface area contributed by atoms with Crippen LogP contribution in [0.1, 0.15) is 63.5 Å².